The predicted octanol–water partition coefficient (Wildman–Crippen LogP) is 1.65. The van der Waals surface area contributed by atoms with Crippen molar-refractivity contribution in [1.29, 1.82) is 0 Å². The molecule has 3 nitrogen and oxygen atoms in total. The Kier molecular flexibility index (Phi) is 2.98. The highest BCUT2D eigenvalue weighted by atomic mass is 16.3. The van der Waals surface area contributed by atoms with Crippen LogP contribution in [0.3, 0.4) is 0 Å². The molecule has 16 heavy (non-hydrogen) atoms. The van der Waals surface area contributed by atoms with Gasteiger partial charge in [0.1, 0.15) is 5.76 Å². The van der Waals surface area contributed by atoms with Gasteiger partial charge in [0.25, 0.3) is 0 Å². The monoisotopic (exact) mass is 220 g/mol. The van der Waals surface area contributed by atoms with Crippen molar-refractivity contribution in [1.82, 2.24) is 10.2 Å². The van der Waals surface area contributed by atoms with Crippen molar-refractivity contribution in [2.24, 2.45) is 0 Å². The summed E-state index contributed by atoms with van der Waals surface area (Å²) in [7, 11) is 0. The molecule has 1 atom stereocenters. The third-order valence-corrected chi connectivity index (χ3v) is 3.58. The maximum atomic E-state index is 5.35. The first kappa shape index (κ1) is 10.4. The van der Waals surface area contributed by atoms with Gasteiger partial charge in [-0.1, -0.05) is 0 Å². The van der Waals surface area contributed by atoms with Crippen LogP contribution in [0.2, 0.25) is 0 Å². The molecular formula is C13H20N2O. The summed E-state index contributed by atoms with van der Waals surface area (Å²) < 4.78 is 5.35. The number of hydrogen-bond donors (Lipinski definition) is 1. The molecule has 2 heterocycles. The third kappa shape index (κ3) is 2.66. The number of furan rings is 1. The molecule has 1 saturated heterocycles. The summed E-state index contributed by atoms with van der Waals surface area (Å²) in [5, 5.41) is 3.71. The maximum Gasteiger partial charge on any atom is 0.105 e. The van der Waals surface area contributed by atoms with Crippen LogP contribution in [0.1, 0.15) is 25.0 Å². The molecule has 3 heteroatoms. The summed E-state index contributed by atoms with van der Waals surface area (Å²) in [6.07, 6.45) is 6.90. The van der Waals surface area contributed by atoms with E-state index in [1.165, 1.54) is 32.4 Å². The fourth-order valence-corrected chi connectivity index (χ4v) is 2.48. The molecule has 1 aromatic heterocycles. The molecule has 1 unspecified atom stereocenters. The van der Waals surface area contributed by atoms with Crippen LogP contribution in [0.25, 0.3) is 0 Å². The van der Waals surface area contributed by atoms with Crippen LogP contribution in [0.5, 0.6) is 0 Å². The minimum atomic E-state index is 0.740. The smallest absolute Gasteiger partial charge is 0.105 e. The molecule has 0 spiro atoms. The summed E-state index contributed by atoms with van der Waals surface area (Å²) in [6.45, 7) is 3.60. The highest BCUT2D eigenvalue weighted by Crippen LogP contribution is 2.22. The molecule has 0 bridgehead atoms. The number of nitrogens with zero attached hydrogens (tertiary/aromatic N) is 1. The minimum absolute atomic E-state index is 0.740. The lowest BCUT2D eigenvalue weighted by molar-refractivity contribution is 0.320. The highest BCUT2D eigenvalue weighted by molar-refractivity contribution is 4.99. The van der Waals surface area contributed by atoms with E-state index < -0.39 is 0 Å². The van der Waals surface area contributed by atoms with Gasteiger partial charge in [-0.2, -0.15) is 0 Å². The lowest BCUT2D eigenvalue weighted by Gasteiger charge is -2.15. The maximum absolute atomic E-state index is 5.35. The van der Waals surface area contributed by atoms with Crippen LogP contribution >= 0.6 is 0 Å². The molecule has 1 N–H and O–H groups in total. The highest BCUT2D eigenvalue weighted by Gasteiger charge is 2.28. The zero-order chi connectivity index (χ0) is 10.8. The van der Waals surface area contributed by atoms with Gasteiger partial charge in [0.15, 0.2) is 0 Å². The van der Waals surface area contributed by atoms with E-state index in [2.05, 4.69) is 16.3 Å². The number of nitrogens with one attached hydrogen (secondary N) is 1. The molecular weight excluding hydrogens is 200 g/mol. The Morgan fingerprint density at radius 1 is 1.31 bits per heavy atom. The summed E-state index contributed by atoms with van der Waals surface area (Å²) in [5.74, 6) is 1.11. The summed E-state index contributed by atoms with van der Waals surface area (Å²) in [6, 6.07) is 5.62. The summed E-state index contributed by atoms with van der Waals surface area (Å²) in [4.78, 5) is 2.54. The zero-order valence-electron chi connectivity index (χ0n) is 9.69. The van der Waals surface area contributed by atoms with Gasteiger partial charge in [-0.25, -0.2) is 0 Å². The second kappa shape index (κ2) is 4.60. The van der Waals surface area contributed by atoms with Gasteiger partial charge >= 0.3 is 0 Å². The van der Waals surface area contributed by atoms with E-state index in [1.54, 1.807) is 6.26 Å². The molecule has 2 aliphatic rings. The molecule has 1 aliphatic heterocycles. The Labute approximate surface area is 96.8 Å². The van der Waals surface area contributed by atoms with E-state index in [-0.39, 0.29) is 0 Å². The fourth-order valence-electron chi connectivity index (χ4n) is 2.48. The second-order valence-corrected chi connectivity index (χ2v) is 5.06. The van der Waals surface area contributed by atoms with Crippen molar-refractivity contribution in [3.05, 3.63) is 24.2 Å². The average molecular weight is 220 g/mol. The largest absolute Gasteiger partial charge is 0.469 e. The van der Waals surface area contributed by atoms with Gasteiger partial charge in [-0.05, 0) is 37.9 Å². The van der Waals surface area contributed by atoms with Gasteiger partial charge in [0, 0.05) is 31.6 Å². The Bertz CT molecular complexity index is 319. The second-order valence-electron chi connectivity index (χ2n) is 5.06. The van der Waals surface area contributed by atoms with Crippen molar-refractivity contribution in [3.8, 4) is 0 Å². The SMILES string of the molecule is c1coc(CCN2CCC(NC3CC3)C2)c1. The van der Waals surface area contributed by atoms with Crippen LogP contribution in [0.4, 0.5) is 0 Å². The van der Waals surface area contributed by atoms with Crippen LogP contribution in [-0.2, 0) is 6.42 Å². The molecule has 1 aliphatic carbocycles. The lowest BCUT2D eigenvalue weighted by atomic mass is 10.2. The Morgan fingerprint density at radius 2 is 2.25 bits per heavy atom. The number of likely N-dealkylation sites (tertiary alicyclic amines) is 1. The van der Waals surface area contributed by atoms with E-state index >= 15 is 0 Å². The predicted molar refractivity (Wildman–Crippen MR) is 63.4 cm³/mol. The molecule has 2 fully saturated rings. The first-order valence-electron chi connectivity index (χ1n) is 6.41. The van der Waals surface area contributed by atoms with E-state index in [4.69, 9.17) is 4.42 Å². The normalized spacial score (nSPS) is 26.4. The first-order valence-corrected chi connectivity index (χ1v) is 6.41. The van der Waals surface area contributed by atoms with E-state index in [0.29, 0.717) is 0 Å². The van der Waals surface area contributed by atoms with Gasteiger partial charge in [-0.15, -0.1) is 0 Å². The topological polar surface area (TPSA) is 28.4 Å². The molecule has 1 saturated carbocycles. The summed E-state index contributed by atoms with van der Waals surface area (Å²) >= 11 is 0. The van der Waals surface area contributed by atoms with Crippen molar-refractivity contribution in [3.63, 3.8) is 0 Å². The Morgan fingerprint density at radius 3 is 3.00 bits per heavy atom. The van der Waals surface area contributed by atoms with Crippen LogP contribution < -0.4 is 5.32 Å². The zero-order valence-corrected chi connectivity index (χ0v) is 9.69. The lowest BCUT2D eigenvalue weighted by Crippen LogP contribution is -2.34. The standard InChI is InChI=1S/C13H20N2O/c1-2-13(16-9-1)6-8-15-7-5-12(10-15)14-11-3-4-11/h1-2,9,11-12,14H,3-8,10H2. The van der Waals surface area contributed by atoms with Crippen LogP contribution in [-0.4, -0.2) is 36.6 Å². The van der Waals surface area contributed by atoms with Gasteiger partial charge in [0.2, 0.25) is 0 Å². The third-order valence-electron chi connectivity index (χ3n) is 3.58. The van der Waals surface area contributed by atoms with Gasteiger partial charge in [0.05, 0.1) is 6.26 Å². The molecule has 88 valence electrons. The van der Waals surface area contributed by atoms with Crippen molar-refractivity contribution in [2.75, 3.05) is 19.6 Å². The molecule has 0 aromatic carbocycles. The number of rotatable bonds is 5. The first-order chi connectivity index (χ1) is 7.90. The van der Waals surface area contributed by atoms with Crippen molar-refractivity contribution >= 4 is 0 Å². The minimum Gasteiger partial charge on any atom is -0.469 e. The fraction of sp³-hybridized carbons (Fsp3) is 0.692. The van der Waals surface area contributed by atoms with E-state index in [1.807, 2.05) is 6.07 Å². The van der Waals surface area contributed by atoms with Crippen LogP contribution in [0.15, 0.2) is 22.8 Å². The molecule has 1 aromatic rings. The molecule has 0 radical (unpaired) electrons. The number of hydrogen-bond acceptors (Lipinski definition) is 3. The van der Waals surface area contributed by atoms with E-state index in [0.717, 1.165) is 30.8 Å². The van der Waals surface area contributed by atoms with Crippen molar-refractivity contribution < 1.29 is 4.42 Å². The van der Waals surface area contributed by atoms with Gasteiger partial charge in [-0.3, -0.25) is 0 Å². The molecule has 0 amide bonds. The van der Waals surface area contributed by atoms with E-state index in [9.17, 15) is 0 Å². The Balaban J connectivity index is 1.39. The molecule has 3 rings (SSSR count). The average Bonchev–Trinajstić information content (AvgIpc) is 2.81. The van der Waals surface area contributed by atoms with Crippen LogP contribution in [0, 0.1) is 0 Å². The van der Waals surface area contributed by atoms with Crippen molar-refractivity contribution in [2.45, 2.75) is 37.8 Å². The van der Waals surface area contributed by atoms with Gasteiger partial charge < -0.3 is 14.6 Å². The summed E-state index contributed by atoms with van der Waals surface area (Å²) in [5.41, 5.74) is 0. The Hall–Kier alpha value is -0.800. The quantitative estimate of drug-likeness (QED) is 0.818.